The van der Waals surface area contributed by atoms with E-state index in [0.29, 0.717) is 17.8 Å². The van der Waals surface area contributed by atoms with Gasteiger partial charge in [-0.2, -0.15) is 26.0 Å². The Balaban J connectivity index is 0.000000192. The van der Waals surface area contributed by atoms with E-state index in [-0.39, 0.29) is 29.9 Å². The average Bonchev–Trinajstić information content (AvgIpc) is 3.01. The van der Waals surface area contributed by atoms with Gasteiger partial charge in [0.05, 0.1) is 22.9 Å². The molecule has 0 atom stereocenters. The van der Waals surface area contributed by atoms with Crippen molar-refractivity contribution in [2.75, 3.05) is 6.61 Å². The summed E-state index contributed by atoms with van der Waals surface area (Å²) < 4.78 is 87.4. The standard InChI is InChI=1S/C18H15S.C17H24F4O5S/c1-4-10-16(11-5-1)19(17-12-6-2-7-13-17)18-14-8-3-9-15-18;18-16(19,17(20,21)27(23,24)25)3-1-2-4-26-14(22)15-8-11-5-12(9-15)7-13(6-11)10-15/h1-15H;11-13H,1-10H2,(H,23,24,25)/q+1;. The number of esters is 1. The van der Waals surface area contributed by atoms with Gasteiger partial charge in [0.25, 0.3) is 0 Å². The first-order chi connectivity index (χ1) is 21.8. The zero-order valence-corrected chi connectivity index (χ0v) is 27.0. The van der Waals surface area contributed by atoms with E-state index >= 15 is 0 Å². The number of carbonyl (C=O) groups excluding carboxylic acids is 1. The molecule has 4 saturated carbocycles. The van der Waals surface area contributed by atoms with E-state index in [9.17, 15) is 30.8 Å². The van der Waals surface area contributed by atoms with Crippen molar-refractivity contribution in [1.29, 1.82) is 0 Å². The number of halogens is 4. The van der Waals surface area contributed by atoms with Crippen LogP contribution < -0.4 is 0 Å². The number of alkyl halides is 4. The molecule has 46 heavy (non-hydrogen) atoms. The Morgan fingerprint density at radius 1 is 0.739 bits per heavy atom. The van der Waals surface area contributed by atoms with Crippen molar-refractivity contribution in [1.82, 2.24) is 0 Å². The van der Waals surface area contributed by atoms with Crippen molar-refractivity contribution in [3.05, 3.63) is 91.0 Å². The lowest BCUT2D eigenvalue weighted by Gasteiger charge is -2.55. The molecule has 4 aliphatic carbocycles. The van der Waals surface area contributed by atoms with Gasteiger partial charge in [0.2, 0.25) is 0 Å². The Kier molecular flexibility index (Phi) is 10.5. The second-order valence-electron chi connectivity index (χ2n) is 12.7. The molecule has 0 amide bonds. The monoisotopic (exact) mass is 679 g/mol. The number of benzene rings is 3. The van der Waals surface area contributed by atoms with Gasteiger partial charge in [-0.15, -0.1) is 0 Å². The molecule has 11 heteroatoms. The minimum Gasteiger partial charge on any atom is -0.465 e. The fourth-order valence-electron chi connectivity index (χ4n) is 7.54. The first-order valence-corrected chi connectivity index (χ1v) is 18.3. The molecular weight excluding hydrogens is 641 g/mol. The summed E-state index contributed by atoms with van der Waals surface area (Å²) in [6, 6.07) is 32.2. The first kappa shape index (κ1) is 34.4. The molecule has 4 aliphatic rings. The van der Waals surface area contributed by atoms with Crippen LogP contribution in [-0.4, -0.2) is 36.7 Å². The zero-order valence-electron chi connectivity index (χ0n) is 25.4. The highest BCUT2D eigenvalue weighted by Gasteiger charge is 2.65. The van der Waals surface area contributed by atoms with Crippen LogP contribution in [0.5, 0.6) is 0 Å². The Bertz CT molecular complexity index is 1420. The lowest BCUT2D eigenvalue weighted by atomic mass is 9.49. The molecule has 0 aromatic heterocycles. The van der Waals surface area contributed by atoms with Crippen LogP contribution in [0.1, 0.15) is 57.8 Å². The summed E-state index contributed by atoms with van der Waals surface area (Å²) in [6.07, 6.45) is 3.89. The molecule has 1 N–H and O–H groups in total. The van der Waals surface area contributed by atoms with Crippen LogP contribution in [0.3, 0.4) is 0 Å². The topological polar surface area (TPSA) is 80.7 Å². The largest absolute Gasteiger partial charge is 0.465 e. The van der Waals surface area contributed by atoms with Gasteiger partial charge < -0.3 is 4.74 Å². The lowest BCUT2D eigenvalue weighted by Crippen LogP contribution is -2.50. The molecule has 0 saturated heterocycles. The van der Waals surface area contributed by atoms with Crippen molar-refractivity contribution in [2.45, 2.75) is 83.7 Å². The summed E-state index contributed by atoms with van der Waals surface area (Å²) in [5.74, 6) is -3.58. The maximum absolute atomic E-state index is 13.4. The number of hydrogen-bond donors (Lipinski definition) is 1. The van der Waals surface area contributed by atoms with Crippen LogP contribution in [-0.2, 0) is 30.5 Å². The SMILES string of the molecule is O=C(OCCCCC(F)(F)C(F)(F)S(=O)(=O)O)C12CC3CC(CC(C3)C1)C2.c1ccc([S+](c2ccccc2)c2ccccc2)cc1. The van der Waals surface area contributed by atoms with Gasteiger partial charge in [-0.05, 0) is 106 Å². The fourth-order valence-corrected chi connectivity index (χ4v) is 10.1. The summed E-state index contributed by atoms with van der Waals surface area (Å²) in [7, 11) is -6.23. The molecule has 4 fully saturated rings. The van der Waals surface area contributed by atoms with Gasteiger partial charge in [0, 0.05) is 6.42 Å². The van der Waals surface area contributed by atoms with Gasteiger partial charge in [-0.3, -0.25) is 9.35 Å². The second kappa shape index (κ2) is 14.1. The van der Waals surface area contributed by atoms with Crippen LogP contribution in [0, 0.1) is 23.2 Å². The van der Waals surface area contributed by atoms with Crippen molar-refractivity contribution in [2.24, 2.45) is 23.2 Å². The third-order valence-electron chi connectivity index (χ3n) is 9.28. The molecule has 0 unspecified atom stereocenters. The average molecular weight is 680 g/mol. The van der Waals surface area contributed by atoms with E-state index < -0.39 is 39.6 Å². The summed E-state index contributed by atoms with van der Waals surface area (Å²) >= 11 is 0. The van der Waals surface area contributed by atoms with E-state index in [1.165, 1.54) is 14.7 Å². The fraction of sp³-hybridized carbons (Fsp3) is 0.457. The minimum atomic E-state index is -6.21. The maximum atomic E-state index is 13.4. The van der Waals surface area contributed by atoms with E-state index in [0.717, 1.165) is 38.5 Å². The number of carbonyl (C=O) groups is 1. The predicted molar refractivity (Wildman–Crippen MR) is 168 cm³/mol. The molecule has 248 valence electrons. The molecule has 3 aromatic rings. The molecule has 0 heterocycles. The van der Waals surface area contributed by atoms with Crippen LogP contribution in [0.4, 0.5) is 17.6 Å². The van der Waals surface area contributed by atoms with E-state index in [4.69, 9.17) is 9.29 Å². The highest BCUT2D eigenvalue weighted by Crippen LogP contribution is 2.60. The summed E-state index contributed by atoms with van der Waals surface area (Å²) in [4.78, 5) is 16.6. The second-order valence-corrected chi connectivity index (χ2v) is 16.2. The Labute approximate surface area is 270 Å². The van der Waals surface area contributed by atoms with Gasteiger partial charge >= 0.3 is 27.3 Å². The van der Waals surface area contributed by atoms with Crippen molar-refractivity contribution >= 4 is 27.0 Å². The van der Waals surface area contributed by atoms with E-state index in [1.54, 1.807) is 0 Å². The van der Waals surface area contributed by atoms with E-state index in [1.807, 2.05) is 0 Å². The van der Waals surface area contributed by atoms with Crippen LogP contribution in [0.15, 0.2) is 106 Å². The summed E-state index contributed by atoms with van der Waals surface area (Å²) in [6.45, 7) is -0.173. The maximum Gasteiger partial charge on any atom is 0.431 e. The predicted octanol–water partition coefficient (Wildman–Crippen LogP) is 8.81. The minimum absolute atomic E-state index is 0.0146. The molecule has 0 aliphatic heterocycles. The molecule has 4 bridgehead atoms. The third-order valence-corrected chi connectivity index (χ3v) is 12.5. The molecule has 3 aromatic carbocycles. The third kappa shape index (κ3) is 7.63. The van der Waals surface area contributed by atoms with E-state index in [2.05, 4.69) is 91.0 Å². The van der Waals surface area contributed by atoms with Gasteiger partial charge in [-0.25, -0.2) is 0 Å². The highest BCUT2D eigenvalue weighted by atomic mass is 32.2. The Morgan fingerprint density at radius 3 is 1.50 bits per heavy atom. The Hall–Kier alpha value is -2.89. The molecule has 5 nitrogen and oxygen atoms in total. The number of hydrogen-bond acceptors (Lipinski definition) is 4. The van der Waals surface area contributed by atoms with Gasteiger partial charge in [0.15, 0.2) is 14.7 Å². The lowest BCUT2D eigenvalue weighted by molar-refractivity contribution is -0.172. The van der Waals surface area contributed by atoms with Crippen molar-refractivity contribution in [3.63, 3.8) is 0 Å². The molecule has 7 rings (SSSR count). The number of rotatable bonds is 11. The Morgan fingerprint density at radius 2 is 1.13 bits per heavy atom. The molecule has 0 spiro atoms. The van der Waals surface area contributed by atoms with Crippen LogP contribution in [0.2, 0.25) is 0 Å². The van der Waals surface area contributed by atoms with Crippen LogP contribution >= 0.6 is 0 Å². The van der Waals surface area contributed by atoms with Crippen LogP contribution in [0.25, 0.3) is 0 Å². The van der Waals surface area contributed by atoms with Crippen molar-refractivity contribution < 1.29 is 40.1 Å². The highest BCUT2D eigenvalue weighted by molar-refractivity contribution is 7.97. The number of ether oxygens (including phenoxy) is 1. The van der Waals surface area contributed by atoms with Gasteiger partial charge in [-0.1, -0.05) is 54.6 Å². The quantitative estimate of drug-likeness (QED) is 0.0721. The zero-order chi connectivity index (χ0) is 33.0. The molecular formula is C35H39F4O5S2+. The first-order valence-electron chi connectivity index (χ1n) is 15.6. The smallest absolute Gasteiger partial charge is 0.431 e. The summed E-state index contributed by atoms with van der Waals surface area (Å²) in [5, 5.41) is -5.55. The van der Waals surface area contributed by atoms with Crippen molar-refractivity contribution in [3.8, 4) is 0 Å². The number of unbranched alkanes of at least 4 members (excludes halogenated alkanes) is 1. The molecule has 0 radical (unpaired) electrons. The summed E-state index contributed by atoms with van der Waals surface area (Å²) in [5.41, 5.74) is -0.476. The van der Waals surface area contributed by atoms with Gasteiger partial charge in [0.1, 0.15) is 0 Å². The normalized spacial score (nSPS) is 23.9.